The molecule has 1 N–H and O–H groups in total. The monoisotopic (exact) mass is 284 g/mol. The Kier molecular flexibility index (Phi) is 4.73. The number of rotatable bonds is 5. The first-order valence-electron chi connectivity index (χ1n) is 7.87. The molecule has 2 heterocycles. The number of benzene rings is 1. The van der Waals surface area contributed by atoms with Gasteiger partial charge in [-0.3, -0.25) is 4.90 Å². The van der Waals surface area contributed by atoms with Crippen LogP contribution in [0.1, 0.15) is 37.1 Å². The molecule has 0 saturated carbocycles. The standard InChI is InChI=1S/C18H24N2O/c1-15(18-8-5-13-21-18)19-17-9-11-20(12-10-17)14-16-6-3-2-4-7-16/h2-8,13,15,17,19H,9-12,14H2,1H3. The smallest absolute Gasteiger partial charge is 0.120 e. The minimum Gasteiger partial charge on any atom is -0.468 e. The maximum atomic E-state index is 5.46. The Bertz CT molecular complexity index is 515. The van der Waals surface area contributed by atoms with Crippen LogP contribution in [0.3, 0.4) is 0 Å². The summed E-state index contributed by atoms with van der Waals surface area (Å²) in [6.45, 7) is 5.57. The van der Waals surface area contributed by atoms with Gasteiger partial charge in [-0.2, -0.15) is 0 Å². The van der Waals surface area contributed by atoms with Gasteiger partial charge in [0, 0.05) is 12.6 Å². The van der Waals surface area contributed by atoms with Crippen LogP contribution >= 0.6 is 0 Å². The molecule has 1 saturated heterocycles. The highest BCUT2D eigenvalue weighted by Crippen LogP contribution is 2.18. The van der Waals surface area contributed by atoms with Crippen molar-refractivity contribution in [2.45, 2.75) is 38.4 Å². The molecule has 1 aromatic carbocycles. The zero-order chi connectivity index (χ0) is 14.5. The van der Waals surface area contributed by atoms with Crippen LogP contribution in [0.15, 0.2) is 53.1 Å². The first kappa shape index (κ1) is 14.4. The minimum atomic E-state index is 0.297. The van der Waals surface area contributed by atoms with E-state index in [9.17, 15) is 0 Å². The number of nitrogens with zero attached hydrogens (tertiary/aromatic N) is 1. The lowest BCUT2D eigenvalue weighted by molar-refractivity contribution is 0.183. The van der Waals surface area contributed by atoms with Gasteiger partial charge in [0.25, 0.3) is 0 Å². The fourth-order valence-electron chi connectivity index (χ4n) is 3.07. The van der Waals surface area contributed by atoms with Crippen molar-refractivity contribution in [3.63, 3.8) is 0 Å². The topological polar surface area (TPSA) is 28.4 Å². The Morgan fingerprint density at radius 3 is 2.57 bits per heavy atom. The summed E-state index contributed by atoms with van der Waals surface area (Å²) < 4.78 is 5.46. The van der Waals surface area contributed by atoms with E-state index in [0.29, 0.717) is 12.1 Å². The van der Waals surface area contributed by atoms with Crippen molar-refractivity contribution in [1.29, 1.82) is 0 Å². The number of nitrogens with one attached hydrogen (secondary N) is 1. The third-order valence-corrected chi connectivity index (χ3v) is 4.29. The fourth-order valence-corrected chi connectivity index (χ4v) is 3.07. The molecule has 3 rings (SSSR count). The van der Waals surface area contributed by atoms with E-state index in [4.69, 9.17) is 4.42 Å². The van der Waals surface area contributed by atoms with Crippen molar-refractivity contribution in [3.8, 4) is 0 Å². The molecule has 1 atom stereocenters. The lowest BCUT2D eigenvalue weighted by Gasteiger charge is -2.33. The third-order valence-electron chi connectivity index (χ3n) is 4.29. The summed E-state index contributed by atoms with van der Waals surface area (Å²) in [5, 5.41) is 3.69. The van der Waals surface area contributed by atoms with Crippen molar-refractivity contribution in [3.05, 3.63) is 60.1 Å². The largest absolute Gasteiger partial charge is 0.468 e. The van der Waals surface area contributed by atoms with Gasteiger partial charge in [-0.25, -0.2) is 0 Å². The van der Waals surface area contributed by atoms with E-state index in [2.05, 4.69) is 47.5 Å². The summed E-state index contributed by atoms with van der Waals surface area (Å²) in [7, 11) is 0. The van der Waals surface area contributed by atoms with Gasteiger partial charge in [0.15, 0.2) is 0 Å². The van der Waals surface area contributed by atoms with Crippen LogP contribution in [0.5, 0.6) is 0 Å². The molecule has 3 nitrogen and oxygen atoms in total. The Labute approximate surface area is 127 Å². The van der Waals surface area contributed by atoms with E-state index in [0.717, 1.165) is 25.4 Å². The van der Waals surface area contributed by atoms with E-state index in [-0.39, 0.29) is 0 Å². The lowest BCUT2D eigenvalue weighted by atomic mass is 10.0. The summed E-state index contributed by atoms with van der Waals surface area (Å²) in [4.78, 5) is 2.55. The molecule has 0 spiro atoms. The average Bonchev–Trinajstić information content (AvgIpc) is 3.05. The summed E-state index contributed by atoms with van der Waals surface area (Å²) in [6, 6.07) is 15.6. The van der Waals surface area contributed by atoms with Crippen LogP contribution < -0.4 is 5.32 Å². The number of hydrogen-bond acceptors (Lipinski definition) is 3. The first-order chi connectivity index (χ1) is 10.3. The average molecular weight is 284 g/mol. The highest BCUT2D eigenvalue weighted by Gasteiger charge is 2.21. The number of hydrogen-bond donors (Lipinski definition) is 1. The van der Waals surface area contributed by atoms with Crippen LogP contribution in [-0.2, 0) is 6.54 Å². The lowest BCUT2D eigenvalue weighted by Crippen LogP contribution is -2.42. The molecular weight excluding hydrogens is 260 g/mol. The van der Waals surface area contributed by atoms with Crippen LogP contribution in [0.4, 0.5) is 0 Å². The van der Waals surface area contributed by atoms with Gasteiger partial charge in [0.2, 0.25) is 0 Å². The second-order valence-electron chi connectivity index (χ2n) is 5.94. The van der Waals surface area contributed by atoms with Gasteiger partial charge >= 0.3 is 0 Å². The van der Waals surface area contributed by atoms with Crippen LogP contribution in [0.2, 0.25) is 0 Å². The molecule has 1 fully saturated rings. The fraction of sp³-hybridized carbons (Fsp3) is 0.444. The summed E-state index contributed by atoms with van der Waals surface area (Å²) in [6.07, 6.45) is 4.16. The molecule has 0 radical (unpaired) electrons. The van der Waals surface area contributed by atoms with Gasteiger partial charge in [-0.05, 0) is 50.6 Å². The molecule has 0 bridgehead atoms. The molecule has 21 heavy (non-hydrogen) atoms. The third kappa shape index (κ3) is 3.96. The Balaban J connectivity index is 1.45. The Hall–Kier alpha value is -1.58. The van der Waals surface area contributed by atoms with Gasteiger partial charge in [0.1, 0.15) is 5.76 Å². The van der Waals surface area contributed by atoms with Crippen molar-refractivity contribution in [2.24, 2.45) is 0 Å². The van der Waals surface area contributed by atoms with Crippen LogP contribution in [-0.4, -0.2) is 24.0 Å². The van der Waals surface area contributed by atoms with Gasteiger partial charge in [-0.1, -0.05) is 30.3 Å². The summed E-state index contributed by atoms with van der Waals surface area (Å²) in [5.74, 6) is 1.03. The zero-order valence-corrected chi connectivity index (χ0v) is 12.7. The zero-order valence-electron chi connectivity index (χ0n) is 12.7. The molecule has 2 aromatic rings. The van der Waals surface area contributed by atoms with Crippen molar-refractivity contribution in [2.75, 3.05) is 13.1 Å². The second-order valence-corrected chi connectivity index (χ2v) is 5.94. The van der Waals surface area contributed by atoms with Gasteiger partial charge in [0.05, 0.1) is 12.3 Å². The highest BCUT2D eigenvalue weighted by molar-refractivity contribution is 5.14. The Morgan fingerprint density at radius 2 is 1.90 bits per heavy atom. The van der Waals surface area contributed by atoms with Crippen molar-refractivity contribution < 1.29 is 4.42 Å². The predicted octanol–water partition coefficient (Wildman–Crippen LogP) is 3.59. The second kappa shape index (κ2) is 6.92. The van der Waals surface area contributed by atoms with E-state index < -0.39 is 0 Å². The molecule has 1 aliphatic heterocycles. The SMILES string of the molecule is CC(NC1CCN(Cc2ccccc2)CC1)c1ccco1. The Morgan fingerprint density at radius 1 is 1.14 bits per heavy atom. The van der Waals surface area contributed by atoms with Crippen LogP contribution in [0, 0.1) is 0 Å². The molecule has 3 heteroatoms. The number of piperidine rings is 1. The van der Waals surface area contributed by atoms with Crippen LogP contribution in [0.25, 0.3) is 0 Å². The normalized spacial score (nSPS) is 18.7. The molecule has 0 amide bonds. The molecule has 1 aliphatic rings. The molecular formula is C18H24N2O. The van der Waals surface area contributed by atoms with E-state index >= 15 is 0 Å². The minimum absolute atomic E-state index is 0.297. The van der Waals surface area contributed by atoms with E-state index in [1.807, 2.05) is 12.1 Å². The van der Waals surface area contributed by atoms with Crippen molar-refractivity contribution >= 4 is 0 Å². The highest BCUT2D eigenvalue weighted by atomic mass is 16.3. The molecule has 1 unspecified atom stereocenters. The summed E-state index contributed by atoms with van der Waals surface area (Å²) >= 11 is 0. The molecule has 112 valence electrons. The van der Waals surface area contributed by atoms with E-state index in [1.165, 1.54) is 18.4 Å². The first-order valence-corrected chi connectivity index (χ1v) is 7.87. The maximum absolute atomic E-state index is 5.46. The predicted molar refractivity (Wildman–Crippen MR) is 85.0 cm³/mol. The van der Waals surface area contributed by atoms with Gasteiger partial charge < -0.3 is 9.73 Å². The van der Waals surface area contributed by atoms with E-state index in [1.54, 1.807) is 6.26 Å². The summed E-state index contributed by atoms with van der Waals surface area (Å²) in [5.41, 5.74) is 1.41. The number of likely N-dealkylation sites (tertiary alicyclic amines) is 1. The quantitative estimate of drug-likeness (QED) is 0.909. The van der Waals surface area contributed by atoms with Gasteiger partial charge in [-0.15, -0.1) is 0 Å². The number of furan rings is 1. The van der Waals surface area contributed by atoms with Crippen molar-refractivity contribution in [1.82, 2.24) is 10.2 Å². The maximum Gasteiger partial charge on any atom is 0.120 e. The molecule has 0 aliphatic carbocycles. The molecule has 1 aromatic heterocycles.